The molecular formula is C24H24F5N5O2S. The molecule has 1 aliphatic rings. The first-order chi connectivity index (χ1) is 17.4. The molecular weight excluding hydrogens is 517 g/mol. The summed E-state index contributed by atoms with van der Waals surface area (Å²) < 4.78 is 91.8. The Bertz CT molecular complexity index is 1330. The molecule has 0 atom stereocenters. The Morgan fingerprint density at radius 3 is 2.22 bits per heavy atom. The Balaban J connectivity index is 1.45. The molecule has 1 heterocycles. The van der Waals surface area contributed by atoms with E-state index in [0.717, 1.165) is 25.3 Å². The lowest BCUT2D eigenvalue weighted by Gasteiger charge is -2.25. The molecule has 3 aromatic rings. The van der Waals surface area contributed by atoms with Crippen LogP contribution in [-0.2, 0) is 29.0 Å². The third kappa shape index (κ3) is 6.64. The van der Waals surface area contributed by atoms with Gasteiger partial charge in [0.2, 0.25) is 5.82 Å². The van der Waals surface area contributed by atoms with Crippen molar-refractivity contribution in [2.45, 2.75) is 50.6 Å². The molecule has 0 aliphatic heterocycles. The minimum atomic E-state index is -4.77. The number of anilines is 3. The number of hydrogen-bond acceptors (Lipinski definition) is 6. The van der Waals surface area contributed by atoms with E-state index in [1.165, 1.54) is 42.7 Å². The van der Waals surface area contributed by atoms with Gasteiger partial charge in [0.1, 0.15) is 6.33 Å². The normalized spacial score (nSPS) is 14.0. The first-order valence-corrected chi connectivity index (χ1v) is 12.9. The second-order valence-corrected chi connectivity index (χ2v) is 10.4. The van der Waals surface area contributed by atoms with Crippen molar-refractivity contribution < 1.29 is 30.4 Å². The van der Waals surface area contributed by atoms with Crippen LogP contribution in [0.25, 0.3) is 0 Å². The van der Waals surface area contributed by atoms with Crippen LogP contribution in [0.5, 0.6) is 0 Å². The largest absolute Gasteiger partial charge is 0.363 e. The molecule has 7 nitrogen and oxygen atoms in total. The lowest BCUT2D eigenvalue weighted by atomic mass is 10.1. The molecule has 2 aromatic carbocycles. The molecule has 0 saturated heterocycles. The smallest absolute Gasteiger partial charge is 0.355 e. The van der Waals surface area contributed by atoms with Crippen molar-refractivity contribution in [2.24, 2.45) is 0 Å². The van der Waals surface area contributed by atoms with E-state index in [0.29, 0.717) is 5.56 Å². The van der Waals surface area contributed by atoms with Crippen molar-refractivity contribution in [3.63, 3.8) is 0 Å². The topological polar surface area (TPSA) is 87.2 Å². The van der Waals surface area contributed by atoms with Gasteiger partial charge in [-0.05, 0) is 36.1 Å². The van der Waals surface area contributed by atoms with E-state index in [4.69, 9.17) is 0 Å². The fraction of sp³-hybridized carbons (Fsp3) is 0.333. The molecule has 1 saturated carbocycles. The van der Waals surface area contributed by atoms with E-state index in [1.807, 2.05) is 0 Å². The van der Waals surface area contributed by atoms with E-state index in [1.54, 1.807) is 21.8 Å². The van der Waals surface area contributed by atoms with E-state index < -0.39 is 27.5 Å². The minimum Gasteiger partial charge on any atom is -0.363 e. The van der Waals surface area contributed by atoms with Gasteiger partial charge in [-0.3, -0.25) is 4.72 Å². The predicted molar refractivity (Wildman–Crippen MR) is 130 cm³/mol. The molecule has 1 aromatic heterocycles. The highest BCUT2D eigenvalue weighted by Crippen LogP contribution is 2.35. The van der Waals surface area contributed by atoms with Crippen molar-refractivity contribution >= 4 is 27.3 Å². The summed E-state index contributed by atoms with van der Waals surface area (Å²) >= 11 is 0. The van der Waals surface area contributed by atoms with Crippen molar-refractivity contribution in [1.29, 1.82) is 0 Å². The van der Waals surface area contributed by atoms with E-state index in [9.17, 15) is 26.0 Å². The maximum Gasteiger partial charge on any atom is 0.355 e. The maximum atomic E-state index is 15.4. The van der Waals surface area contributed by atoms with Gasteiger partial charge in [-0.25, -0.2) is 27.2 Å². The molecule has 0 bridgehead atoms. The first-order valence-electron chi connectivity index (χ1n) is 11.3. The zero-order valence-corrected chi connectivity index (χ0v) is 20.5. The third-order valence-corrected chi connectivity index (χ3v) is 6.74. The summed E-state index contributed by atoms with van der Waals surface area (Å²) in [6.45, 7) is 1.22. The molecule has 198 valence electrons. The highest BCUT2D eigenvalue weighted by atomic mass is 32.2. The van der Waals surface area contributed by atoms with E-state index in [-0.39, 0.29) is 42.0 Å². The molecule has 0 unspecified atom stereocenters. The van der Waals surface area contributed by atoms with Gasteiger partial charge in [0.05, 0.1) is 0 Å². The fourth-order valence-electron chi connectivity index (χ4n) is 3.63. The molecule has 37 heavy (non-hydrogen) atoms. The summed E-state index contributed by atoms with van der Waals surface area (Å²) in [6.07, 6.45) is 2.91. The molecule has 0 spiro atoms. The van der Waals surface area contributed by atoms with Crippen LogP contribution in [0.4, 0.5) is 39.3 Å². The zero-order valence-electron chi connectivity index (χ0n) is 19.6. The summed E-state index contributed by atoms with van der Waals surface area (Å²) in [5.41, 5.74) is 1.21. The van der Waals surface area contributed by atoms with Gasteiger partial charge in [0.15, 0.2) is 11.6 Å². The highest BCUT2D eigenvalue weighted by Gasteiger charge is 2.33. The summed E-state index contributed by atoms with van der Waals surface area (Å²) in [7, 11) is -4.77. The van der Waals surface area contributed by atoms with Crippen LogP contribution in [0.1, 0.15) is 36.5 Å². The quantitative estimate of drug-likeness (QED) is 0.313. The summed E-state index contributed by atoms with van der Waals surface area (Å²) in [5.74, 6) is -7.15. The Morgan fingerprint density at radius 1 is 1.03 bits per heavy atom. The van der Waals surface area contributed by atoms with Crippen LogP contribution in [-0.4, -0.2) is 30.2 Å². The van der Waals surface area contributed by atoms with Crippen molar-refractivity contribution in [3.05, 3.63) is 77.4 Å². The molecule has 13 heteroatoms. The number of hydrogen-bond donors (Lipinski definition) is 2. The van der Waals surface area contributed by atoms with Crippen LogP contribution >= 0.6 is 0 Å². The van der Waals surface area contributed by atoms with Gasteiger partial charge >= 0.3 is 5.76 Å². The second-order valence-electron chi connectivity index (χ2n) is 8.76. The van der Waals surface area contributed by atoms with Crippen LogP contribution in [0.15, 0.2) is 54.9 Å². The van der Waals surface area contributed by atoms with Crippen LogP contribution in [0.3, 0.4) is 0 Å². The molecule has 4 rings (SSSR count). The maximum absolute atomic E-state index is 15.4. The Hall–Kier alpha value is -3.48. The standard InChI is InChI=1S/C24H24F5N5O2S/c1-24(28,29)17-6-2-16(3-7-17)13-34(19-10-11-19)22-20(25)21(31-14-32-22)30-12-15-4-8-18(9-5-15)33-37(35,36)23(26)27/h2-9,14,19,23,33H,10-13H2,1H3,(H,30,31,32). The minimum absolute atomic E-state index is 0.0321. The molecule has 0 radical (unpaired) electrons. The van der Waals surface area contributed by atoms with Crippen LogP contribution < -0.4 is 14.9 Å². The van der Waals surface area contributed by atoms with E-state index >= 15 is 4.39 Å². The zero-order chi connectivity index (χ0) is 26.8. The van der Waals surface area contributed by atoms with Gasteiger partial charge in [0.25, 0.3) is 15.9 Å². The van der Waals surface area contributed by atoms with Gasteiger partial charge in [0, 0.05) is 37.3 Å². The Kier molecular flexibility index (Phi) is 7.53. The molecule has 2 N–H and O–H groups in total. The first kappa shape index (κ1) is 26.6. The third-order valence-electron chi connectivity index (χ3n) is 5.75. The Labute approximate surface area is 210 Å². The van der Waals surface area contributed by atoms with Gasteiger partial charge in [-0.1, -0.05) is 36.4 Å². The second kappa shape index (κ2) is 10.5. The number of nitrogens with one attached hydrogen (secondary N) is 2. The van der Waals surface area contributed by atoms with Crippen LogP contribution in [0.2, 0.25) is 0 Å². The lowest BCUT2D eigenvalue weighted by molar-refractivity contribution is 0.0174. The predicted octanol–water partition coefficient (Wildman–Crippen LogP) is 5.47. The number of aromatic nitrogens is 2. The van der Waals surface area contributed by atoms with E-state index in [2.05, 4.69) is 15.3 Å². The number of sulfonamides is 1. The van der Waals surface area contributed by atoms with Crippen LogP contribution in [0, 0.1) is 5.82 Å². The van der Waals surface area contributed by atoms with Crippen molar-refractivity contribution in [2.75, 3.05) is 14.9 Å². The van der Waals surface area contributed by atoms with Gasteiger partial charge in [-0.2, -0.15) is 13.2 Å². The fourth-order valence-corrected chi connectivity index (χ4v) is 4.19. The number of alkyl halides is 4. The number of rotatable bonds is 11. The van der Waals surface area contributed by atoms with Gasteiger partial charge in [-0.15, -0.1) is 0 Å². The summed E-state index contributed by atoms with van der Waals surface area (Å²) in [4.78, 5) is 9.87. The molecule has 1 fully saturated rings. The van der Waals surface area contributed by atoms with Crippen molar-refractivity contribution in [1.82, 2.24) is 9.97 Å². The number of halogens is 5. The average molecular weight is 542 g/mol. The summed E-state index contributed by atoms with van der Waals surface area (Å²) in [6, 6.07) is 11.6. The highest BCUT2D eigenvalue weighted by molar-refractivity contribution is 7.93. The summed E-state index contributed by atoms with van der Waals surface area (Å²) in [5, 5.41) is 2.86. The number of benzene rings is 2. The molecule has 1 aliphatic carbocycles. The van der Waals surface area contributed by atoms with Gasteiger partial charge < -0.3 is 10.2 Å². The number of nitrogens with zero attached hydrogens (tertiary/aromatic N) is 3. The van der Waals surface area contributed by atoms with Crippen molar-refractivity contribution in [3.8, 4) is 0 Å². The Morgan fingerprint density at radius 2 is 1.65 bits per heavy atom. The monoisotopic (exact) mass is 541 g/mol. The SMILES string of the molecule is CC(F)(F)c1ccc(CN(c2ncnc(NCc3ccc(NS(=O)(=O)C(F)F)cc3)c2F)C2CC2)cc1. The molecule has 0 amide bonds. The lowest BCUT2D eigenvalue weighted by Crippen LogP contribution is -2.27. The average Bonchev–Trinajstić information content (AvgIpc) is 3.68.